The van der Waals surface area contributed by atoms with Gasteiger partial charge in [0.05, 0.1) is 18.5 Å². The number of aliphatic hydroxyl groups excluding tert-OH is 1. The molecule has 0 aliphatic carbocycles. The molecule has 2 radical (unpaired) electrons. The second kappa shape index (κ2) is 2.87. The van der Waals surface area contributed by atoms with Crippen LogP contribution in [0.5, 0.6) is 0 Å². The molecule has 2 aromatic rings. The first-order chi connectivity index (χ1) is 5.83. The number of aromatic nitrogens is 3. The monoisotopic (exact) mass is 175 g/mol. The predicted molar refractivity (Wildman–Crippen MR) is 44.6 cm³/mol. The van der Waals surface area contributed by atoms with E-state index in [2.05, 4.69) is 26.6 Å². The van der Waals surface area contributed by atoms with Crippen molar-refractivity contribution in [3.05, 3.63) is 24.2 Å². The number of hydrogen-bond donors (Lipinski definition) is 1. The summed E-state index contributed by atoms with van der Waals surface area (Å²) in [6, 6.07) is 1.86. The summed E-state index contributed by atoms with van der Waals surface area (Å²) in [4.78, 5) is 4.03. The smallest absolute Gasteiger partial charge is 0.354 e. The van der Waals surface area contributed by atoms with E-state index in [0.717, 1.165) is 10.9 Å². The summed E-state index contributed by atoms with van der Waals surface area (Å²) in [5.41, 5.74) is 1.63. The molecule has 2 heterocycles. The predicted octanol–water partition coefficient (Wildman–Crippen LogP) is -0.145. The minimum atomic E-state index is -0.0479. The lowest BCUT2D eigenvalue weighted by molar-refractivity contribution is 0.278. The molecular weight excluding hydrogens is 169 g/mol. The van der Waals surface area contributed by atoms with Gasteiger partial charge in [0.1, 0.15) is 0 Å². The molecule has 0 amide bonds. The average Bonchev–Trinajstić information content (AvgIpc) is 2.48. The largest absolute Gasteiger partial charge is 0.390 e. The molecule has 0 atom stereocenters. The fourth-order valence-electron chi connectivity index (χ4n) is 1.15. The van der Waals surface area contributed by atoms with Gasteiger partial charge in [-0.3, -0.25) is 4.98 Å². The standard InChI is InChI=1S/C7H6N3O.Al/c11-4-7-5-3-9-10-6(5)1-2-8-7;/h1-3,11H,4H2;/q-1;+1. The molecule has 0 aliphatic rings. The topological polar surface area (TPSA) is 50.9 Å². The zero-order valence-corrected chi connectivity index (χ0v) is 7.46. The highest BCUT2D eigenvalue weighted by Crippen LogP contribution is 2.14. The van der Waals surface area contributed by atoms with Crippen LogP contribution in [0.1, 0.15) is 5.69 Å². The van der Waals surface area contributed by atoms with E-state index in [0.29, 0.717) is 5.69 Å². The van der Waals surface area contributed by atoms with Crippen LogP contribution in [0.2, 0.25) is 0 Å². The molecule has 0 unspecified atom stereocenters. The Morgan fingerprint density at radius 3 is 3.17 bits per heavy atom. The first kappa shape index (κ1) is 7.75. The van der Waals surface area contributed by atoms with Gasteiger partial charge in [-0.15, -0.1) is 0 Å². The van der Waals surface area contributed by atoms with Crippen molar-refractivity contribution in [3.63, 3.8) is 0 Å². The summed E-state index contributed by atoms with van der Waals surface area (Å²) in [5, 5.41) is 13.9. The van der Waals surface area contributed by atoms with Crippen LogP contribution < -0.4 is 0 Å². The summed E-state index contributed by atoms with van der Waals surface area (Å²) in [5.74, 6) is 0. The molecule has 0 spiro atoms. The average molecular weight is 175 g/mol. The molecule has 0 fully saturated rings. The fraction of sp³-hybridized carbons (Fsp3) is 0.143. The highest BCUT2D eigenvalue weighted by molar-refractivity contribution is 6.10. The summed E-state index contributed by atoms with van der Waals surface area (Å²) in [6.07, 6.45) is 3.36. The Bertz CT molecular complexity index is 412. The third kappa shape index (κ3) is 1.03. The van der Waals surface area contributed by atoms with E-state index in [4.69, 9.17) is 5.11 Å². The normalized spacial score (nSPS) is 10.8. The number of rotatable bonds is 1. The zero-order valence-electron chi connectivity index (χ0n) is 6.31. The van der Waals surface area contributed by atoms with Gasteiger partial charge in [0.2, 0.25) is 0 Å². The molecule has 0 aromatic carbocycles. The van der Waals surface area contributed by atoms with E-state index >= 15 is 0 Å². The van der Waals surface area contributed by atoms with E-state index < -0.39 is 0 Å². The molecule has 0 saturated carbocycles. The van der Waals surface area contributed by atoms with Crippen molar-refractivity contribution in [2.75, 3.05) is 0 Å². The second-order valence-corrected chi connectivity index (χ2v) is 2.93. The van der Waals surface area contributed by atoms with Crippen LogP contribution in [0.3, 0.4) is 0 Å². The minimum Gasteiger partial charge on any atom is -0.390 e. The number of aliphatic hydroxyl groups is 1. The van der Waals surface area contributed by atoms with Gasteiger partial charge < -0.3 is 8.77 Å². The van der Waals surface area contributed by atoms with Crippen LogP contribution in [0.4, 0.5) is 0 Å². The van der Waals surface area contributed by atoms with E-state index in [-0.39, 0.29) is 6.61 Å². The van der Waals surface area contributed by atoms with E-state index in [1.165, 1.54) is 0 Å². The molecule has 2 rings (SSSR count). The third-order valence-corrected chi connectivity index (χ3v) is 2.17. The summed E-state index contributed by atoms with van der Waals surface area (Å²) in [6.45, 7) is -0.0479. The van der Waals surface area contributed by atoms with Crippen molar-refractivity contribution in [2.45, 2.75) is 6.61 Å². The van der Waals surface area contributed by atoms with Gasteiger partial charge in [-0.2, -0.15) is 0 Å². The molecule has 1 N–H and O–H groups in total. The molecule has 4 nitrogen and oxygen atoms in total. The summed E-state index contributed by atoms with van der Waals surface area (Å²) >= 11 is 2.47. The molecule has 2 aromatic heterocycles. The first-order valence-electron chi connectivity index (χ1n) is 3.50. The van der Waals surface area contributed by atoms with Crippen LogP contribution in [0, 0.1) is 0 Å². The Balaban J connectivity index is 2.81. The maximum absolute atomic E-state index is 8.94. The maximum atomic E-state index is 8.94. The Morgan fingerprint density at radius 2 is 2.42 bits per heavy atom. The van der Waals surface area contributed by atoms with Crippen LogP contribution in [-0.4, -0.2) is 35.4 Å². The Labute approximate surface area is 77.5 Å². The van der Waals surface area contributed by atoms with Crippen molar-refractivity contribution in [2.24, 2.45) is 0 Å². The van der Waals surface area contributed by atoms with E-state index in [1.54, 1.807) is 16.1 Å². The number of pyridine rings is 1. The first-order valence-corrected chi connectivity index (χ1v) is 4.02. The van der Waals surface area contributed by atoms with Crippen molar-refractivity contribution in [1.29, 1.82) is 0 Å². The number of nitrogens with zero attached hydrogens (tertiary/aromatic N) is 3. The Kier molecular flexibility index (Phi) is 1.85. The molecule has 12 heavy (non-hydrogen) atoms. The quantitative estimate of drug-likeness (QED) is 0.613. The van der Waals surface area contributed by atoms with Gasteiger partial charge in [0.15, 0.2) is 0 Å². The van der Waals surface area contributed by atoms with Crippen molar-refractivity contribution < 1.29 is 5.11 Å². The lowest BCUT2D eigenvalue weighted by Gasteiger charge is -1.98. The SMILES string of the molecule is OCc1nccc2c1cn[n]2[Al]. The highest BCUT2D eigenvalue weighted by atomic mass is 27.1. The highest BCUT2D eigenvalue weighted by Gasteiger charge is 2.02. The van der Waals surface area contributed by atoms with E-state index in [9.17, 15) is 0 Å². The van der Waals surface area contributed by atoms with E-state index in [1.807, 2.05) is 6.07 Å². The van der Waals surface area contributed by atoms with Crippen molar-refractivity contribution >= 4 is 27.4 Å². The van der Waals surface area contributed by atoms with Gasteiger partial charge in [-0.1, -0.05) is 0 Å². The minimum absolute atomic E-state index is 0.0479. The van der Waals surface area contributed by atoms with Gasteiger partial charge in [-0.25, -0.2) is 5.10 Å². The summed E-state index contributed by atoms with van der Waals surface area (Å²) < 4.78 is 1.68. The zero-order chi connectivity index (χ0) is 8.55. The summed E-state index contributed by atoms with van der Waals surface area (Å²) in [7, 11) is 0. The number of fused-ring (bicyclic) bond motifs is 1. The van der Waals surface area contributed by atoms with Crippen molar-refractivity contribution in [1.82, 2.24) is 13.7 Å². The molecular formula is C7H6AlN3O. The molecule has 0 aliphatic heterocycles. The van der Waals surface area contributed by atoms with Gasteiger partial charge in [0.25, 0.3) is 0 Å². The molecule has 0 bridgehead atoms. The lowest BCUT2D eigenvalue weighted by atomic mass is 10.2. The Morgan fingerprint density at radius 1 is 1.58 bits per heavy atom. The number of hydrogen-bond acceptors (Lipinski definition) is 3. The van der Waals surface area contributed by atoms with Gasteiger partial charge in [-0.05, 0) is 6.07 Å². The molecule has 58 valence electrons. The van der Waals surface area contributed by atoms with Crippen molar-refractivity contribution in [3.8, 4) is 0 Å². The van der Waals surface area contributed by atoms with Crippen LogP contribution >= 0.6 is 0 Å². The van der Waals surface area contributed by atoms with Crippen LogP contribution in [0.15, 0.2) is 18.5 Å². The van der Waals surface area contributed by atoms with Gasteiger partial charge >= 0.3 is 16.5 Å². The fourth-order valence-corrected chi connectivity index (χ4v) is 1.45. The van der Waals surface area contributed by atoms with Crippen LogP contribution in [0.25, 0.3) is 10.9 Å². The van der Waals surface area contributed by atoms with Crippen LogP contribution in [-0.2, 0) is 6.61 Å². The lowest BCUT2D eigenvalue weighted by Crippen LogP contribution is -1.94. The molecule has 0 saturated heterocycles. The maximum Gasteiger partial charge on any atom is 0.354 e. The third-order valence-electron chi connectivity index (χ3n) is 1.76. The Hall–Kier alpha value is -0.888. The van der Waals surface area contributed by atoms with Gasteiger partial charge in [0, 0.05) is 17.1 Å². The molecule has 5 heteroatoms. The second-order valence-electron chi connectivity index (χ2n) is 2.44.